The molecule has 0 radical (unpaired) electrons. The molecule has 0 N–H and O–H groups in total. The number of alkyl halides is 3. The second-order valence-electron chi connectivity index (χ2n) is 4.61. The molecule has 0 atom stereocenters. The molecule has 0 heterocycles. The van der Waals surface area contributed by atoms with Crippen molar-refractivity contribution in [1.82, 2.24) is 0 Å². The van der Waals surface area contributed by atoms with Gasteiger partial charge in [0.05, 0.1) is 5.56 Å². The molecule has 4 heteroatoms. The quantitative estimate of drug-likeness (QED) is 0.759. The molecule has 0 aromatic heterocycles. The number of ketones is 1. The van der Waals surface area contributed by atoms with E-state index in [-0.39, 0.29) is 17.8 Å². The molecule has 0 aliphatic rings. The normalized spacial score (nSPS) is 11.4. The molecule has 1 nitrogen and oxygen atoms in total. The van der Waals surface area contributed by atoms with E-state index < -0.39 is 11.7 Å². The van der Waals surface area contributed by atoms with Gasteiger partial charge in [0.15, 0.2) is 5.78 Å². The third-order valence-electron chi connectivity index (χ3n) is 3.12. The monoisotopic (exact) mass is 278 g/mol. The van der Waals surface area contributed by atoms with Crippen LogP contribution < -0.4 is 0 Å². The molecule has 0 aliphatic carbocycles. The lowest BCUT2D eigenvalue weighted by molar-refractivity contribution is -0.137. The number of hydrogen-bond acceptors (Lipinski definition) is 1. The van der Waals surface area contributed by atoms with Crippen molar-refractivity contribution in [3.05, 3.63) is 70.8 Å². The summed E-state index contributed by atoms with van der Waals surface area (Å²) in [6.07, 6.45) is -4.33. The Morgan fingerprint density at radius 1 is 1.05 bits per heavy atom. The van der Waals surface area contributed by atoms with E-state index in [1.54, 1.807) is 6.07 Å². The van der Waals surface area contributed by atoms with E-state index >= 15 is 0 Å². The van der Waals surface area contributed by atoms with E-state index in [9.17, 15) is 18.0 Å². The number of aryl methyl sites for hydroxylation is 1. The maximum atomic E-state index is 12.6. The van der Waals surface area contributed by atoms with Crippen molar-refractivity contribution in [3.63, 3.8) is 0 Å². The maximum absolute atomic E-state index is 12.6. The second-order valence-corrected chi connectivity index (χ2v) is 4.61. The topological polar surface area (TPSA) is 17.1 Å². The fourth-order valence-corrected chi connectivity index (χ4v) is 1.95. The summed E-state index contributed by atoms with van der Waals surface area (Å²) in [6.45, 7) is 1.87. The van der Waals surface area contributed by atoms with Gasteiger partial charge in [-0.25, -0.2) is 0 Å². The number of rotatable bonds is 3. The van der Waals surface area contributed by atoms with Gasteiger partial charge in [-0.2, -0.15) is 13.2 Å². The minimum atomic E-state index is -4.43. The Kier molecular flexibility index (Phi) is 3.93. The molecule has 2 aromatic carbocycles. The molecule has 0 saturated heterocycles. The Balaban J connectivity index is 2.24. The molecule has 20 heavy (non-hydrogen) atoms. The van der Waals surface area contributed by atoms with E-state index in [1.807, 2.05) is 25.1 Å². The van der Waals surface area contributed by atoms with Gasteiger partial charge in [0, 0.05) is 12.0 Å². The zero-order chi connectivity index (χ0) is 14.8. The molecule has 0 unspecified atom stereocenters. The molecule has 0 saturated carbocycles. The summed E-state index contributed by atoms with van der Waals surface area (Å²) in [5.41, 5.74) is 1.07. The number of Topliss-reactive ketones (excluding diaryl/α,β-unsaturated/α-hetero) is 1. The fraction of sp³-hybridized carbons (Fsp3) is 0.188. The summed E-state index contributed by atoms with van der Waals surface area (Å²) < 4.78 is 37.8. The molecule has 0 amide bonds. The number of hydrogen-bond donors (Lipinski definition) is 0. The molecule has 0 fully saturated rings. The third-order valence-corrected chi connectivity index (χ3v) is 3.12. The highest BCUT2D eigenvalue weighted by Crippen LogP contribution is 2.29. The van der Waals surface area contributed by atoms with Crippen LogP contribution in [0.3, 0.4) is 0 Å². The minimum absolute atomic E-state index is 0.0862. The molecular weight excluding hydrogens is 265 g/mol. The standard InChI is InChI=1S/C16H13F3O/c1-11-5-2-3-6-12(11)10-15(20)13-7-4-8-14(9-13)16(17,18)19/h2-9H,10H2,1H3. The zero-order valence-corrected chi connectivity index (χ0v) is 10.9. The Morgan fingerprint density at radius 3 is 2.40 bits per heavy atom. The first-order valence-electron chi connectivity index (χ1n) is 6.13. The van der Waals surface area contributed by atoms with Crippen LogP contribution in [0, 0.1) is 6.92 Å². The largest absolute Gasteiger partial charge is 0.416 e. The van der Waals surface area contributed by atoms with Crippen LogP contribution in [0.1, 0.15) is 27.0 Å². The van der Waals surface area contributed by atoms with Crippen molar-refractivity contribution in [2.75, 3.05) is 0 Å². The van der Waals surface area contributed by atoms with Gasteiger partial charge in [0.25, 0.3) is 0 Å². The molecule has 104 valence electrons. The van der Waals surface area contributed by atoms with Crippen LogP contribution in [0.4, 0.5) is 13.2 Å². The van der Waals surface area contributed by atoms with Crippen molar-refractivity contribution in [2.45, 2.75) is 19.5 Å². The van der Waals surface area contributed by atoms with Gasteiger partial charge < -0.3 is 0 Å². The Hall–Kier alpha value is -2.10. The number of carbonyl (C=O) groups excluding carboxylic acids is 1. The molecule has 0 spiro atoms. The van der Waals surface area contributed by atoms with Crippen LogP contribution in [0.25, 0.3) is 0 Å². The van der Waals surface area contributed by atoms with Crippen LogP contribution in [-0.4, -0.2) is 5.78 Å². The van der Waals surface area contributed by atoms with E-state index in [2.05, 4.69) is 0 Å². The van der Waals surface area contributed by atoms with Gasteiger partial charge in [-0.05, 0) is 30.2 Å². The summed E-state index contributed by atoms with van der Waals surface area (Å²) in [7, 11) is 0. The first-order chi connectivity index (χ1) is 9.38. The first-order valence-corrected chi connectivity index (χ1v) is 6.13. The SMILES string of the molecule is Cc1ccccc1CC(=O)c1cccc(C(F)(F)F)c1. The van der Waals surface area contributed by atoms with Gasteiger partial charge in [0.1, 0.15) is 0 Å². The van der Waals surface area contributed by atoms with E-state index in [0.717, 1.165) is 23.3 Å². The van der Waals surface area contributed by atoms with E-state index in [1.165, 1.54) is 12.1 Å². The average molecular weight is 278 g/mol. The van der Waals surface area contributed by atoms with Crippen LogP contribution >= 0.6 is 0 Å². The number of benzene rings is 2. The predicted molar refractivity (Wildman–Crippen MR) is 70.7 cm³/mol. The number of carbonyl (C=O) groups is 1. The molecule has 0 bridgehead atoms. The third kappa shape index (κ3) is 3.26. The summed E-state index contributed by atoms with van der Waals surface area (Å²) in [5.74, 6) is -0.314. The highest BCUT2D eigenvalue weighted by atomic mass is 19.4. The minimum Gasteiger partial charge on any atom is -0.294 e. The average Bonchev–Trinajstić information content (AvgIpc) is 2.40. The maximum Gasteiger partial charge on any atom is 0.416 e. The van der Waals surface area contributed by atoms with Gasteiger partial charge in [-0.3, -0.25) is 4.79 Å². The van der Waals surface area contributed by atoms with E-state index in [4.69, 9.17) is 0 Å². The van der Waals surface area contributed by atoms with Gasteiger partial charge in [-0.15, -0.1) is 0 Å². The summed E-state index contributed by atoms with van der Waals surface area (Å²) in [6, 6.07) is 11.9. The first kappa shape index (κ1) is 14.3. The van der Waals surface area contributed by atoms with Crippen LogP contribution in [0.15, 0.2) is 48.5 Å². The zero-order valence-electron chi connectivity index (χ0n) is 10.9. The van der Waals surface area contributed by atoms with Crippen molar-refractivity contribution in [2.24, 2.45) is 0 Å². The smallest absolute Gasteiger partial charge is 0.294 e. The van der Waals surface area contributed by atoms with Crippen molar-refractivity contribution in [1.29, 1.82) is 0 Å². The van der Waals surface area contributed by atoms with Gasteiger partial charge in [0.2, 0.25) is 0 Å². The van der Waals surface area contributed by atoms with Crippen LogP contribution in [0.5, 0.6) is 0 Å². The Bertz CT molecular complexity index is 630. The predicted octanol–water partition coefficient (Wildman–Crippen LogP) is 4.44. The van der Waals surface area contributed by atoms with Crippen molar-refractivity contribution < 1.29 is 18.0 Å². The second kappa shape index (κ2) is 5.49. The summed E-state index contributed by atoms with van der Waals surface area (Å²) in [5, 5.41) is 0. The van der Waals surface area contributed by atoms with Gasteiger partial charge in [-0.1, -0.05) is 36.4 Å². The lowest BCUT2D eigenvalue weighted by atomic mass is 9.98. The fourth-order valence-electron chi connectivity index (χ4n) is 1.95. The highest BCUT2D eigenvalue weighted by molar-refractivity contribution is 5.97. The van der Waals surface area contributed by atoms with Crippen molar-refractivity contribution >= 4 is 5.78 Å². The van der Waals surface area contributed by atoms with Crippen LogP contribution in [0.2, 0.25) is 0 Å². The molecule has 2 aromatic rings. The molecular formula is C16H13F3O. The Morgan fingerprint density at radius 2 is 1.75 bits per heavy atom. The van der Waals surface area contributed by atoms with E-state index in [0.29, 0.717) is 0 Å². The van der Waals surface area contributed by atoms with Crippen LogP contribution in [-0.2, 0) is 12.6 Å². The highest BCUT2D eigenvalue weighted by Gasteiger charge is 2.30. The van der Waals surface area contributed by atoms with Gasteiger partial charge >= 0.3 is 6.18 Å². The molecule has 2 rings (SSSR count). The Labute approximate surface area is 115 Å². The lowest BCUT2D eigenvalue weighted by Gasteiger charge is -2.09. The lowest BCUT2D eigenvalue weighted by Crippen LogP contribution is -2.09. The molecule has 0 aliphatic heterocycles. The van der Waals surface area contributed by atoms with Crippen molar-refractivity contribution in [3.8, 4) is 0 Å². The number of halogens is 3. The summed E-state index contributed by atoms with van der Waals surface area (Å²) in [4.78, 5) is 12.1. The summed E-state index contributed by atoms with van der Waals surface area (Å²) >= 11 is 0.